The van der Waals surface area contributed by atoms with Crippen molar-refractivity contribution in [3.8, 4) is 5.69 Å². The van der Waals surface area contributed by atoms with Crippen LogP contribution in [0.1, 0.15) is 17.0 Å². The van der Waals surface area contributed by atoms with E-state index >= 15 is 0 Å². The van der Waals surface area contributed by atoms with Crippen molar-refractivity contribution >= 4 is 40.3 Å². The van der Waals surface area contributed by atoms with Gasteiger partial charge in [0.25, 0.3) is 11.2 Å². The van der Waals surface area contributed by atoms with Gasteiger partial charge in [0.05, 0.1) is 15.8 Å². The number of rotatable bonds is 4. The molecule has 0 spiro atoms. The van der Waals surface area contributed by atoms with Crippen LogP contribution in [0.25, 0.3) is 28.7 Å². The SMILES string of the molecule is Cc1ccc(/C=C/c2nc3ccccc3c(=O)n2-c2ccc(Cl)cc2[N+](=O)[O-])cc1. The van der Waals surface area contributed by atoms with Crippen LogP contribution < -0.4 is 5.56 Å². The van der Waals surface area contributed by atoms with Crippen LogP contribution in [-0.2, 0) is 0 Å². The minimum Gasteiger partial charge on any atom is -0.268 e. The number of nitro groups is 1. The lowest BCUT2D eigenvalue weighted by Crippen LogP contribution is -2.23. The van der Waals surface area contributed by atoms with Crippen molar-refractivity contribution in [2.24, 2.45) is 0 Å². The molecule has 4 aromatic rings. The van der Waals surface area contributed by atoms with Gasteiger partial charge in [-0.3, -0.25) is 19.5 Å². The molecule has 30 heavy (non-hydrogen) atoms. The van der Waals surface area contributed by atoms with Gasteiger partial charge in [-0.15, -0.1) is 0 Å². The van der Waals surface area contributed by atoms with Crippen LogP contribution in [0.2, 0.25) is 5.02 Å². The summed E-state index contributed by atoms with van der Waals surface area (Å²) < 4.78 is 1.25. The second-order valence-corrected chi connectivity index (χ2v) is 7.20. The lowest BCUT2D eigenvalue weighted by Gasteiger charge is -2.12. The van der Waals surface area contributed by atoms with Crippen LogP contribution in [0.5, 0.6) is 0 Å². The normalized spacial score (nSPS) is 11.3. The second-order valence-electron chi connectivity index (χ2n) is 6.76. The summed E-state index contributed by atoms with van der Waals surface area (Å²) in [5, 5.41) is 12.2. The summed E-state index contributed by atoms with van der Waals surface area (Å²) >= 11 is 5.96. The Kier molecular flexibility index (Phi) is 5.16. The van der Waals surface area contributed by atoms with Crippen molar-refractivity contribution in [1.29, 1.82) is 0 Å². The molecular formula is C23H16ClN3O3. The van der Waals surface area contributed by atoms with Gasteiger partial charge in [-0.05, 0) is 42.8 Å². The summed E-state index contributed by atoms with van der Waals surface area (Å²) in [5.74, 6) is 0.282. The van der Waals surface area contributed by atoms with Gasteiger partial charge in [-0.1, -0.05) is 59.6 Å². The first-order valence-electron chi connectivity index (χ1n) is 9.15. The number of para-hydroxylation sites is 1. The van der Waals surface area contributed by atoms with Gasteiger partial charge < -0.3 is 0 Å². The molecule has 0 saturated carbocycles. The van der Waals surface area contributed by atoms with Gasteiger partial charge in [0.1, 0.15) is 11.5 Å². The van der Waals surface area contributed by atoms with Crippen molar-refractivity contribution in [3.63, 3.8) is 0 Å². The number of benzene rings is 3. The first-order valence-corrected chi connectivity index (χ1v) is 9.53. The first-order chi connectivity index (χ1) is 14.4. The summed E-state index contributed by atoms with van der Waals surface area (Å²) in [6.45, 7) is 2.00. The van der Waals surface area contributed by atoms with Crippen molar-refractivity contribution in [3.05, 3.63) is 109 Å². The van der Waals surface area contributed by atoms with Gasteiger partial charge in [0, 0.05) is 11.1 Å². The van der Waals surface area contributed by atoms with Crippen LogP contribution in [0.3, 0.4) is 0 Å². The maximum Gasteiger partial charge on any atom is 0.294 e. The van der Waals surface area contributed by atoms with E-state index in [2.05, 4.69) is 4.98 Å². The average Bonchev–Trinajstić information content (AvgIpc) is 2.74. The molecule has 0 fully saturated rings. The molecule has 4 rings (SSSR count). The third-order valence-electron chi connectivity index (χ3n) is 4.68. The topological polar surface area (TPSA) is 78.0 Å². The van der Waals surface area contributed by atoms with E-state index in [0.29, 0.717) is 10.9 Å². The van der Waals surface area contributed by atoms with Crippen LogP contribution in [0, 0.1) is 17.0 Å². The van der Waals surface area contributed by atoms with Gasteiger partial charge >= 0.3 is 0 Å². The summed E-state index contributed by atoms with van der Waals surface area (Å²) in [6, 6.07) is 18.9. The molecule has 6 nitrogen and oxygen atoms in total. The van der Waals surface area contributed by atoms with E-state index in [1.54, 1.807) is 30.3 Å². The highest BCUT2D eigenvalue weighted by molar-refractivity contribution is 6.30. The summed E-state index contributed by atoms with van der Waals surface area (Å²) in [7, 11) is 0. The van der Waals surface area contributed by atoms with E-state index in [4.69, 9.17) is 11.6 Å². The quantitative estimate of drug-likeness (QED) is 0.328. The van der Waals surface area contributed by atoms with E-state index < -0.39 is 10.5 Å². The molecule has 0 N–H and O–H groups in total. The van der Waals surface area contributed by atoms with Crippen molar-refractivity contribution in [1.82, 2.24) is 9.55 Å². The highest BCUT2D eigenvalue weighted by Gasteiger charge is 2.20. The zero-order chi connectivity index (χ0) is 21.3. The lowest BCUT2D eigenvalue weighted by molar-refractivity contribution is -0.384. The van der Waals surface area contributed by atoms with Crippen LogP contribution >= 0.6 is 11.6 Å². The Morgan fingerprint density at radius 3 is 2.50 bits per heavy atom. The third kappa shape index (κ3) is 3.73. The molecule has 0 aliphatic rings. The molecule has 3 aromatic carbocycles. The minimum atomic E-state index is -0.559. The number of nitrogens with zero attached hydrogens (tertiary/aromatic N) is 3. The molecule has 0 radical (unpaired) electrons. The zero-order valence-corrected chi connectivity index (χ0v) is 16.7. The molecule has 148 valence electrons. The van der Waals surface area contributed by atoms with Crippen molar-refractivity contribution in [2.75, 3.05) is 0 Å². The van der Waals surface area contributed by atoms with E-state index in [-0.39, 0.29) is 22.2 Å². The first kappa shape index (κ1) is 19.5. The maximum atomic E-state index is 13.3. The fourth-order valence-electron chi connectivity index (χ4n) is 3.17. The molecule has 1 heterocycles. The molecule has 0 atom stereocenters. The molecular weight excluding hydrogens is 402 g/mol. The Morgan fingerprint density at radius 1 is 1.03 bits per heavy atom. The minimum absolute atomic E-state index is 0.108. The third-order valence-corrected chi connectivity index (χ3v) is 4.91. The van der Waals surface area contributed by atoms with Crippen LogP contribution in [0.4, 0.5) is 5.69 Å². The fraction of sp³-hybridized carbons (Fsp3) is 0.0435. The number of nitro benzene ring substituents is 1. The number of halogens is 1. The van der Waals surface area contributed by atoms with Crippen molar-refractivity contribution in [2.45, 2.75) is 6.92 Å². The van der Waals surface area contributed by atoms with Crippen LogP contribution in [-0.4, -0.2) is 14.5 Å². The average molecular weight is 418 g/mol. The number of aromatic nitrogens is 2. The Balaban J connectivity index is 1.99. The predicted octanol–water partition coefficient (Wildman–Crippen LogP) is 5.43. The molecule has 0 bridgehead atoms. The molecule has 0 aliphatic heterocycles. The Labute approximate surface area is 176 Å². The smallest absolute Gasteiger partial charge is 0.268 e. The van der Waals surface area contributed by atoms with E-state index in [1.165, 1.54) is 22.8 Å². The van der Waals surface area contributed by atoms with Gasteiger partial charge in [0.15, 0.2) is 0 Å². The number of hydrogen-bond donors (Lipinski definition) is 0. The van der Waals surface area contributed by atoms with Crippen molar-refractivity contribution < 1.29 is 4.92 Å². The van der Waals surface area contributed by atoms with Gasteiger partial charge in [0.2, 0.25) is 0 Å². The number of aryl methyl sites for hydroxylation is 1. The summed E-state index contributed by atoms with van der Waals surface area (Å²) in [6.07, 6.45) is 3.49. The standard InChI is InChI=1S/C23H16ClN3O3/c1-15-6-8-16(9-7-15)10-13-22-25-19-5-3-2-4-18(19)23(28)26(22)20-12-11-17(24)14-21(20)27(29)30/h2-14H,1H3/b13-10+. The molecule has 0 saturated heterocycles. The summed E-state index contributed by atoms with van der Waals surface area (Å²) in [5.41, 5.74) is 2.00. The largest absolute Gasteiger partial charge is 0.294 e. The zero-order valence-electron chi connectivity index (χ0n) is 15.9. The predicted molar refractivity (Wildman–Crippen MR) is 119 cm³/mol. The highest BCUT2D eigenvalue weighted by atomic mass is 35.5. The van der Waals surface area contributed by atoms with Gasteiger partial charge in [-0.2, -0.15) is 0 Å². The number of hydrogen-bond acceptors (Lipinski definition) is 4. The van der Waals surface area contributed by atoms with E-state index in [9.17, 15) is 14.9 Å². The van der Waals surface area contributed by atoms with E-state index in [1.807, 2.05) is 37.3 Å². The molecule has 7 heteroatoms. The van der Waals surface area contributed by atoms with Gasteiger partial charge in [-0.25, -0.2) is 4.98 Å². The fourth-order valence-corrected chi connectivity index (χ4v) is 3.34. The Morgan fingerprint density at radius 2 is 1.77 bits per heavy atom. The Hall–Kier alpha value is -3.77. The maximum absolute atomic E-state index is 13.3. The molecule has 1 aromatic heterocycles. The monoisotopic (exact) mass is 417 g/mol. The number of fused-ring (bicyclic) bond motifs is 1. The van der Waals surface area contributed by atoms with Crippen LogP contribution in [0.15, 0.2) is 71.5 Å². The molecule has 0 unspecified atom stereocenters. The summed E-state index contributed by atoms with van der Waals surface area (Å²) in [4.78, 5) is 29.0. The second kappa shape index (κ2) is 7.93. The highest BCUT2D eigenvalue weighted by Crippen LogP contribution is 2.27. The van der Waals surface area contributed by atoms with E-state index in [0.717, 1.165) is 11.1 Å². The lowest BCUT2D eigenvalue weighted by atomic mass is 10.1. The molecule has 0 amide bonds. The Bertz CT molecular complexity index is 1360. The molecule has 0 aliphatic carbocycles.